The Morgan fingerprint density at radius 2 is 1.88 bits per heavy atom. The van der Waals surface area contributed by atoms with Crippen LogP contribution in [0.3, 0.4) is 0 Å². The summed E-state index contributed by atoms with van der Waals surface area (Å²) < 4.78 is 0. The molecule has 0 aromatic heterocycles. The van der Waals surface area contributed by atoms with Crippen LogP contribution in [0, 0.1) is 0 Å². The number of carbonyl (C=O) groups is 3. The molecule has 0 unspecified atom stereocenters. The number of anilines is 1. The summed E-state index contributed by atoms with van der Waals surface area (Å²) in [5.41, 5.74) is 1.33. The molecule has 0 radical (unpaired) electrons. The molecule has 1 saturated heterocycles. The highest BCUT2D eigenvalue weighted by atomic mass is 35.5. The quantitative estimate of drug-likeness (QED) is 0.791. The standard InChI is InChI=1S/C19H17ClN2O3/c1-13(23)21(12-14-6-3-2-4-7-14)17-11-18(24)22(19(17)25)16-9-5-8-15(20)10-16/h2-10,17H,11-12H2,1H3/t17-/m0/s1. The Kier molecular flexibility index (Phi) is 4.86. The van der Waals surface area contributed by atoms with Crippen LogP contribution in [0.2, 0.25) is 5.02 Å². The third-order valence-corrected chi connectivity index (χ3v) is 4.40. The van der Waals surface area contributed by atoms with Crippen LogP contribution in [0.5, 0.6) is 0 Å². The molecule has 0 saturated carbocycles. The molecule has 2 aromatic carbocycles. The van der Waals surface area contributed by atoms with Crippen molar-refractivity contribution in [2.45, 2.75) is 25.9 Å². The average Bonchev–Trinajstić information content (AvgIpc) is 2.87. The molecular formula is C19H17ClN2O3. The fourth-order valence-electron chi connectivity index (χ4n) is 2.97. The summed E-state index contributed by atoms with van der Waals surface area (Å²) in [6, 6.07) is 15.1. The highest BCUT2D eigenvalue weighted by Gasteiger charge is 2.43. The molecule has 0 bridgehead atoms. The van der Waals surface area contributed by atoms with Gasteiger partial charge in [0.2, 0.25) is 11.8 Å². The molecule has 3 amide bonds. The first kappa shape index (κ1) is 17.2. The molecule has 2 aromatic rings. The van der Waals surface area contributed by atoms with Crippen LogP contribution in [0.4, 0.5) is 5.69 Å². The predicted molar refractivity (Wildman–Crippen MR) is 95.0 cm³/mol. The molecule has 5 nitrogen and oxygen atoms in total. The zero-order valence-corrected chi connectivity index (χ0v) is 14.4. The Hall–Kier alpha value is -2.66. The first-order chi connectivity index (χ1) is 12.0. The number of hydrogen-bond acceptors (Lipinski definition) is 3. The van der Waals surface area contributed by atoms with Crippen LogP contribution in [0.15, 0.2) is 54.6 Å². The summed E-state index contributed by atoms with van der Waals surface area (Å²) in [5.74, 6) is -0.988. The first-order valence-corrected chi connectivity index (χ1v) is 8.28. The summed E-state index contributed by atoms with van der Waals surface area (Å²) >= 11 is 5.96. The highest BCUT2D eigenvalue weighted by Crippen LogP contribution is 2.28. The van der Waals surface area contributed by atoms with Crippen LogP contribution < -0.4 is 4.90 Å². The van der Waals surface area contributed by atoms with Crippen molar-refractivity contribution in [3.8, 4) is 0 Å². The second-order valence-electron chi connectivity index (χ2n) is 5.90. The summed E-state index contributed by atoms with van der Waals surface area (Å²) in [7, 11) is 0. The molecular weight excluding hydrogens is 340 g/mol. The van der Waals surface area contributed by atoms with Gasteiger partial charge < -0.3 is 4.90 Å². The minimum Gasteiger partial charge on any atom is -0.326 e. The van der Waals surface area contributed by atoms with Gasteiger partial charge in [-0.2, -0.15) is 0 Å². The van der Waals surface area contributed by atoms with Crippen molar-refractivity contribution in [1.29, 1.82) is 0 Å². The summed E-state index contributed by atoms with van der Waals surface area (Å²) in [6.45, 7) is 1.69. The normalized spacial score (nSPS) is 17.0. The third-order valence-electron chi connectivity index (χ3n) is 4.17. The Morgan fingerprint density at radius 1 is 1.16 bits per heavy atom. The van der Waals surface area contributed by atoms with Gasteiger partial charge in [-0.15, -0.1) is 0 Å². The maximum atomic E-state index is 12.8. The van der Waals surface area contributed by atoms with Crippen LogP contribution in [0.1, 0.15) is 18.9 Å². The van der Waals surface area contributed by atoms with Crippen LogP contribution in [0.25, 0.3) is 0 Å². The van der Waals surface area contributed by atoms with Gasteiger partial charge in [-0.1, -0.05) is 48.0 Å². The Morgan fingerprint density at radius 3 is 2.52 bits per heavy atom. The van der Waals surface area contributed by atoms with E-state index in [9.17, 15) is 14.4 Å². The molecule has 1 heterocycles. The van der Waals surface area contributed by atoms with Gasteiger partial charge in [0.15, 0.2) is 0 Å². The van der Waals surface area contributed by atoms with Gasteiger partial charge in [0.25, 0.3) is 5.91 Å². The van der Waals surface area contributed by atoms with Gasteiger partial charge in [-0.3, -0.25) is 14.4 Å². The molecule has 128 valence electrons. The van der Waals surface area contributed by atoms with Crippen LogP contribution in [-0.2, 0) is 20.9 Å². The van der Waals surface area contributed by atoms with E-state index < -0.39 is 11.9 Å². The van der Waals surface area contributed by atoms with Crippen molar-refractivity contribution in [1.82, 2.24) is 4.90 Å². The molecule has 1 atom stereocenters. The minimum atomic E-state index is -0.802. The number of carbonyl (C=O) groups excluding carboxylic acids is 3. The van der Waals surface area contributed by atoms with Crippen molar-refractivity contribution >= 4 is 35.0 Å². The predicted octanol–water partition coefficient (Wildman–Crippen LogP) is 3.02. The fourth-order valence-corrected chi connectivity index (χ4v) is 3.15. The molecule has 0 N–H and O–H groups in total. The maximum Gasteiger partial charge on any atom is 0.257 e. The number of hydrogen-bond donors (Lipinski definition) is 0. The lowest BCUT2D eigenvalue weighted by Gasteiger charge is -2.26. The Labute approximate surface area is 150 Å². The van der Waals surface area contributed by atoms with Gasteiger partial charge in [0.05, 0.1) is 12.1 Å². The molecule has 6 heteroatoms. The summed E-state index contributed by atoms with van der Waals surface area (Å²) in [6.07, 6.45) is -0.0300. The molecule has 0 aliphatic carbocycles. The van der Waals surface area contributed by atoms with Crippen molar-refractivity contribution < 1.29 is 14.4 Å². The van der Waals surface area contributed by atoms with E-state index >= 15 is 0 Å². The smallest absolute Gasteiger partial charge is 0.257 e. The lowest BCUT2D eigenvalue weighted by Crippen LogP contribution is -2.44. The monoisotopic (exact) mass is 356 g/mol. The second-order valence-corrected chi connectivity index (χ2v) is 6.34. The van der Waals surface area contributed by atoms with E-state index in [2.05, 4.69) is 0 Å². The van der Waals surface area contributed by atoms with Gasteiger partial charge in [0.1, 0.15) is 6.04 Å². The highest BCUT2D eigenvalue weighted by molar-refractivity contribution is 6.31. The minimum absolute atomic E-state index is 0.0300. The second kappa shape index (κ2) is 7.07. The largest absolute Gasteiger partial charge is 0.326 e. The van der Waals surface area contributed by atoms with E-state index in [0.717, 1.165) is 10.5 Å². The summed E-state index contributed by atoms with van der Waals surface area (Å²) in [4.78, 5) is 39.9. The average molecular weight is 357 g/mol. The van der Waals surface area contributed by atoms with Crippen LogP contribution in [-0.4, -0.2) is 28.7 Å². The first-order valence-electron chi connectivity index (χ1n) is 7.91. The lowest BCUT2D eigenvalue weighted by atomic mass is 10.1. The molecule has 0 spiro atoms. The molecule has 1 aliphatic rings. The zero-order valence-electron chi connectivity index (χ0n) is 13.7. The number of amides is 3. The molecule has 3 rings (SSSR count). The fraction of sp³-hybridized carbons (Fsp3) is 0.211. The van der Waals surface area contributed by atoms with Crippen LogP contribution >= 0.6 is 11.6 Å². The summed E-state index contributed by atoms with van der Waals surface area (Å²) in [5, 5.41) is 0.439. The van der Waals surface area contributed by atoms with Crippen molar-refractivity contribution in [3.05, 3.63) is 65.2 Å². The van der Waals surface area contributed by atoms with Gasteiger partial charge in [0, 0.05) is 18.5 Å². The van der Waals surface area contributed by atoms with E-state index in [1.165, 1.54) is 11.8 Å². The van der Waals surface area contributed by atoms with Crippen molar-refractivity contribution in [2.75, 3.05) is 4.90 Å². The van der Waals surface area contributed by atoms with Gasteiger partial charge >= 0.3 is 0 Å². The van der Waals surface area contributed by atoms with E-state index in [1.807, 2.05) is 30.3 Å². The van der Waals surface area contributed by atoms with Crippen molar-refractivity contribution in [3.63, 3.8) is 0 Å². The SMILES string of the molecule is CC(=O)N(Cc1ccccc1)[C@H]1CC(=O)N(c2cccc(Cl)c2)C1=O. The number of benzene rings is 2. The van der Waals surface area contributed by atoms with E-state index in [-0.39, 0.29) is 24.8 Å². The number of imide groups is 1. The van der Waals surface area contributed by atoms with E-state index in [4.69, 9.17) is 11.6 Å². The maximum absolute atomic E-state index is 12.8. The van der Waals surface area contributed by atoms with Crippen molar-refractivity contribution in [2.24, 2.45) is 0 Å². The van der Waals surface area contributed by atoms with E-state index in [0.29, 0.717) is 10.7 Å². The number of nitrogens with zero attached hydrogens (tertiary/aromatic N) is 2. The lowest BCUT2D eigenvalue weighted by molar-refractivity contribution is -0.137. The van der Waals surface area contributed by atoms with Gasteiger partial charge in [-0.05, 0) is 23.8 Å². The Bertz CT molecular complexity index is 822. The number of rotatable bonds is 4. The molecule has 25 heavy (non-hydrogen) atoms. The zero-order chi connectivity index (χ0) is 18.0. The topological polar surface area (TPSA) is 57.7 Å². The molecule has 1 aliphatic heterocycles. The Balaban J connectivity index is 1.87. The number of halogens is 1. The van der Waals surface area contributed by atoms with Gasteiger partial charge in [-0.25, -0.2) is 4.90 Å². The van der Waals surface area contributed by atoms with E-state index in [1.54, 1.807) is 24.3 Å². The third kappa shape index (κ3) is 3.56. The molecule has 1 fully saturated rings.